The van der Waals surface area contributed by atoms with Gasteiger partial charge in [0, 0.05) is 16.1 Å². The Morgan fingerprint density at radius 2 is 1.96 bits per heavy atom. The summed E-state index contributed by atoms with van der Waals surface area (Å²) in [4.78, 5) is 12.0. The average Bonchev–Trinajstić information content (AvgIpc) is 2.95. The van der Waals surface area contributed by atoms with Crippen molar-refractivity contribution in [3.8, 4) is 10.6 Å². The Kier molecular flexibility index (Phi) is 4.56. The van der Waals surface area contributed by atoms with E-state index < -0.39 is 11.7 Å². The van der Waals surface area contributed by atoms with Gasteiger partial charge >= 0.3 is 0 Å². The molecule has 1 N–H and O–H groups in total. The number of halogens is 3. The number of anilines is 1. The van der Waals surface area contributed by atoms with Crippen LogP contribution in [0.15, 0.2) is 42.5 Å². The molecule has 0 radical (unpaired) electrons. The number of carbonyl (C=O) groups is 1. The van der Waals surface area contributed by atoms with Crippen molar-refractivity contribution < 1.29 is 9.18 Å². The molecule has 0 fully saturated rings. The van der Waals surface area contributed by atoms with E-state index in [1.54, 1.807) is 18.2 Å². The lowest BCUT2D eigenvalue weighted by Gasteiger charge is -2.01. The highest BCUT2D eigenvalue weighted by molar-refractivity contribution is 7.18. The molecule has 4 nitrogen and oxygen atoms in total. The summed E-state index contributed by atoms with van der Waals surface area (Å²) in [6.45, 7) is 0. The summed E-state index contributed by atoms with van der Waals surface area (Å²) in [5.41, 5.74) is 0.867. The van der Waals surface area contributed by atoms with Crippen LogP contribution in [0, 0.1) is 5.82 Å². The van der Waals surface area contributed by atoms with E-state index in [4.69, 9.17) is 23.2 Å². The summed E-state index contributed by atoms with van der Waals surface area (Å²) in [5.74, 6) is -0.946. The smallest absolute Gasteiger partial charge is 0.257 e. The molecule has 1 heterocycles. The highest BCUT2D eigenvalue weighted by Gasteiger charge is 2.13. The van der Waals surface area contributed by atoms with Gasteiger partial charge in [0.05, 0.1) is 5.02 Å². The van der Waals surface area contributed by atoms with Gasteiger partial charge in [-0.3, -0.25) is 10.1 Å². The molecule has 0 atom stereocenters. The number of carbonyl (C=O) groups excluding carboxylic acids is 1. The molecule has 1 amide bonds. The van der Waals surface area contributed by atoms with E-state index in [-0.39, 0.29) is 5.56 Å². The fourth-order valence-corrected chi connectivity index (χ4v) is 3.18. The highest BCUT2D eigenvalue weighted by atomic mass is 35.5. The maximum atomic E-state index is 13.1. The monoisotopic (exact) mass is 367 g/mol. The van der Waals surface area contributed by atoms with Crippen LogP contribution < -0.4 is 5.32 Å². The second-order valence-electron chi connectivity index (χ2n) is 4.50. The van der Waals surface area contributed by atoms with Crippen molar-refractivity contribution in [3.63, 3.8) is 0 Å². The molecule has 0 unspecified atom stereocenters. The lowest BCUT2D eigenvalue weighted by atomic mass is 10.2. The zero-order chi connectivity index (χ0) is 16.4. The predicted octanol–water partition coefficient (Wildman–Crippen LogP) is 4.90. The molecule has 0 bridgehead atoms. The van der Waals surface area contributed by atoms with Gasteiger partial charge in [-0.2, -0.15) is 0 Å². The number of benzene rings is 2. The highest BCUT2D eigenvalue weighted by Crippen LogP contribution is 2.33. The Hall–Kier alpha value is -2.02. The minimum Gasteiger partial charge on any atom is -0.296 e. The first kappa shape index (κ1) is 15.9. The first-order valence-corrected chi connectivity index (χ1v) is 7.96. The molecule has 2 aromatic carbocycles. The molecule has 3 rings (SSSR count). The van der Waals surface area contributed by atoms with Gasteiger partial charge in [-0.1, -0.05) is 40.6 Å². The molecule has 23 heavy (non-hydrogen) atoms. The lowest BCUT2D eigenvalue weighted by molar-refractivity contribution is 0.102. The Balaban J connectivity index is 1.81. The SMILES string of the molecule is O=C(Nc1nnc(-c2ccc(Cl)cc2Cl)s1)c1cccc(F)c1. The van der Waals surface area contributed by atoms with Gasteiger partial charge in [0.2, 0.25) is 5.13 Å². The number of rotatable bonds is 3. The third-order valence-electron chi connectivity index (χ3n) is 2.89. The van der Waals surface area contributed by atoms with Gasteiger partial charge in [-0.05, 0) is 36.4 Å². The number of nitrogens with zero attached hydrogens (tertiary/aromatic N) is 2. The third kappa shape index (κ3) is 3.67. The molecule has 0 spiro atoms. The zero-order valence-corrected chi connectivity index (χ0v) is 13.7. The van der Waals surface area contributed by atoms with Crippen molar-refractivity contribution in [2.75, 3.05) is 5.32 Å². The van der Waals surface area contributed by atoms with Gasteiger partial charge in [-0.25, -0.2) is 4.39 Å². The van der Waals surface area contributed by atoms with E-state index in [1.165, 1.54) is 18.2 Å². The minimum absolute atomic E-state index is 0.200. The topological polar surface area (TPSA) is 54.9 Å². The first-order valence-electron chi connectivity index (χ1n) is 6.39. The molecular weight excluding hydrogens is 360 g/mol. The van der Waals surface area contributed by atoms with E-state index in [0.29, 0.717) is 25.7 Å². The van der Waals surface area contributed by atoms with Crippen molar-refractivity contribution >= 4 is 45.6 Å². The van der Waals surface area contributed by atoms with Crippen LogP contribution in [0.3, 0.4) is 0 Å². The molecule has 0 aliphatic carbocycles. The fraction of sp³-hybridized carbons (Fsp3) is 0. The van der Waals surface area contributed by atoms with E-state index in [1.807, 2.05) is 0 Å². The second kappa shape index (κ2) is 6.62. The molecule has 1 aromatic heterocycles. The van der Waals surface area contributed by atoms with Crippen LogP contribution in [0.5, 0.6) is 0 Å². The van der Waals surface area contributed by atoms with Crippen LogP contribution >= 0.6 is 34.5 Å². The van der Waals surface area contributed by atoms with Crippen molar-refractivity contribution in [1.29, 1.82) is 0 Å². The van der Waals surface area contributed by atoms with E-state index >= 15 is 0 Å². The molecule has 8 heteroatoms. The summed E-state index contributed by atoms with van der Waals surface area (Å²) in [7, 11) is 0. The summed E-state index contributed by atoms with van der Waals surface area (Å²) in [6, 6.07) is 10.4. The largest absolute Gasteiger partial charge is 0.296 e. The number of amides is 1. The quantitative estimate of drug-likeness (QED) is 0.715. The van der Waals surface area contributed by atoms with Gasteiger partial charge in [0.1, 0.15) is 5.82 Å². The van der Waals surface area contributed by atoms with Gasteiger partial charge < -0.3 is 0 Å². The van der Waals surface area contributed by atoms with Gasteiger partial charge in [-0.15, -0.1) is 10.2 Å². The third-order valence-corrected chi connectivity index (χ3v) is 4.31. The number of hydrogen-bond acceptors (Lipinski definition) is 4. The summed E-state index contributed by atoms with van der Waals surface area (Å²) in [6.07, 6.45) is 0. The van der Waals surface area contributed by atoms with Crippen molar-refractivity contribution in [1.82, 2.24) is 10.2 Å². The van der Waals surface area contributed by atoms with Crippen LogP contribution in [-0.4, -0.2) is 16.1 Å². The predicted molar refractivity (Wildman–Crippen MR) is 89.7 cm³/mol. The van der Waals surface area contributed by atoms with Crippen LogP contribution in [0.1, 0.15) is 10.4 Å². The van der Waals surface area contributed by atoms with Crippen molar-refractivity contribution in [2.24, 2.45) is 0 Å². The molecule has 0 saturated carbocycles. The molecular formula is C15H8Cl2FN3OS. The van der Waals surface area contributed by atoms with Crippen LogP contribution in [0.25, 0.3) is 10.6 Å². The molecule has 3 aromatic rings. The fourth-order valence-electron chi connectivity index (χ4n) is 1.84. The summed E-state index contributed by atoms with van der Waals surface area (Å²) >= 11 is 13.1. The molecule has 0 aliphatic rings. The number of nitrogens with one attached hydrogen (secondary N) is 1. The van der Waals surface area contributed by atoms with Crippen LogP contribution in [-0.2, 0) is 0 Å². The standard InChI is InChI=1S/C15H8Cl2FN3OS/c16-9-4-5-11(12(17)7-9)14-20-21-15(23-14)19-13(22)8-2-1-3-10(18)6-8/h1-7H,(H,19,21,22). The zero-order valence-electron chi connectivity index (χ0n) is 11.4. The lowest BCUT2D eigenvalue weighted by Crippen LogP contribution is -2.11. The van der Waals surface area contributed by atoms with Gasteiger partial charge in [0.25, 0.3) is 5.91 Å². The van der Waals surface area contributed by atoms with E-state index in [0.717, 1.165) is 17.4 Å². The second-order valence-corrected chi connectivity index (χ2v) is 6.32. The normalized spacial score (nSPS) is 10.6. The van der Waals surface area contributed by atoms with Gasteiger partial charge in [0.15, 0.2) is 5.01 Å². The Morgan fingerprint density at radius 1 is 1.13 bits per heavy atom. The maximum absolute atomic E-state index is 13.1. The van der Waals surface area contributed by atoms with E-state index in [2.05, 4.69) is 15.5 Å². The number of aromatic nitrogens is 2. The summed E-state index contributed by atoms with van der Waals surface area (Å²) < 4.78 is 13.1. The van der Waals surface area contributed by atoms with Crippen molar-refractivity contribution in [3.05, 3.63) is 63.9 Å². The Labute approximate surface area is 144 Å². The summed E-state index contributed by atoms with van der Waals surface area (Å²) in [5, 5.41) is 12.3. The van der Waals surface area contributed by atoms with E-state index in [9.17, 15) is 9.18 Å². The average molecular weight is 368 g/mol. The molecule has 0 aliphatic heterocycles. The molecule has 116 valence electrons. The van der Waals surface area contributed by atoms with Crippen LogP contribution in [0.4, 0.5) is 9.52 Å². The molecule has 0 saturated heterocycles. The first-order chi connectivity index (χ1) is 11.0. The van der Waals surface area contributed by atoms with Crippen molar-refractivity contribution in [2.45, 2.75) is 0 Å². The minimum atomic E-state index is -0.483. The Bertz CT molecular complexity index is 885. The van der Waals surface area contributed by atoms with Crippen LogP contribution in [0.2, 0.25) is 10.0 Å². The maximum Gasteiger partial charge on any atom is 0.257 e. The Morgan fingerprint density at radius 3 is 2.70 bits per heavy atom. The number of hydrogen-bond donors (Lipinski definition) is 1.